The van der Waals surface area contributed by atoms with E-state index in [-0.39, 0.29) is 17.3 Å². The van der Waals surface area contributed by atoms with Crippen LogP contribution in [0, 0.1) is 0 Å². The summed E-state index contributed by atoms with van der Waals surface area (Å²) in [7, 11) is 2.73. The number of benzene rings is 2. The number of imidazole rings is 1. The van der Waals surface area contributed by atoms with Gasteiger partial charge in [-0.15, -0.1) is 0 Å². The molecule has 2 aromatic carbocycles. The van der Waals surface area contributed by atoms with Crippen LogP contribution < -0.4 is 15.2 Å². The van der Waals surface area contributed by atoms with Crippen molar-refractivity contribution in [2.45, 2.75) is 24.8 Å². The van der Waals surface area contributed by atoms with Crippen LogP contribution in [0.25, 0.3) is 28.2 Å². The summed E-state index contributed by atoms with van der Waals surface area (Å²) >= 11 is 0. The Kier molecular flexibility index (Phi) is 5.22. The molecule has 4 aromatic rings. The van der Waals surface area contributed by atoms with Crippen LogP contribution in [-0.2, 0) is 10.3 Å². The van der Waals surface area contributed by atoms with Gasteiger partial charge in [-0.1, -0.05) is 54.6 Å². The Hall–Kier alpha value is -3.91. The number of methoxy groups -OCH3 is 2. The topological polar surface area (TPSA) is 101 Å². The number of fused-ring (bicyclic) bond motifs is 1. The number of hydrogen-bond donors (Lipinski definition) is 1. The van der Waals surface area contributed by atoms with Crippen LogP contribution in [0.1, 0.15) is 24.8 Å². The molecule has 0 atom stereocenters. The molecule has 5 rings (SSSR count). The SMILES string of the molecule is COC(=O)Oc1cn2c(-c3ccccc3)c(-c3ccc(C4(N)CCC4)cc3)nc2c(OC)n1. The normalized spacial score (nSPS) is 14.5. The summed E-state index contributed by atoms with van der Waals surface area (Å²) in [6, 6.07) is 18.1. The molecule has 2 aromatic heterocycles. The molecule has 0 amide bonds. The van der Waals surface area contributed by atoms with Crippen molar-refractivity contribution < 1.29 is 19.0 Å². The van der Waals surface area contributed by atoms with Crippen molar-refractivity contribution in [3.8, 4) is 34.3 Å². The zero-order valence-corrected chi connectivity index (χ0v) is 18.4. The summed E-state index contributed by atoms with van der Waals surface area (Å²) in [5.74, 6) is 0.268. The lowest BCUT2D eigenvalue weighted by Gasteiger charge is -2.38. The van der Waals surface area contributed by atoms with Gasteiger partial charge in [-0.05, 0) is 24.8 Å². The fraction of sp³-hybridized carbons (Fsp3) is 0.240. The monoisotopic (exact) mass is 444 g/mol. The van der Waals surface area contributed by atoms with Gasteiger partial charge in [0.05, 0.1) is 31.8 Å². The van der Waals surface area contributed by atoms with E-state index in [9.17, 15) is 4.79 Å². The minimum Gasteiger partial charge on any atom is -0.478 e. The molecule has 1 fully saturated rings. The Bertz CT molecular complexity index is 1310. The van der Waals surface area contributed by atoms with E-state index in [1.54, 1.807) is 6.20 Å². The third kappa shape index (κ3) is 3.68. The Labute approximate surface area is 190 Å². The van der Waals surface area contributed by atoms with Crippen LogP contribution in [0.3, 0.4) is 0 Å². The molecule has 0 saturated heterocycles. The van der Waals surface area contributed by atoms with Gasteiger partial charge >= 0.3 is 6.16 Å². The Morgan fingerprint density at radius 2 is 1.73 bits per heavy atom. The maximum atomic E-state index is 11.7. The van der Waals surface area contributed by atoms with Crippen molar-refractivity contribution in [2.75, 3.05) is 14.2 Å². The number of hydrogen-bond acceptors (Lipinski definition) is 7. The van der Waals surface area contributed by atoms with E-state index in [1.807, 2.05) is 46.9 Å². The molecule has 0 bridgehead atoms. The molecule has 2 heterocycles. The first-order valence-electron chi connectivity index (χ1n) is 10.7. The molecule has 168 valence electrons. The van der Waals surface area contributed by atoms with Crippen molar-refractivity contribution in [3.05, 3.63) is 66.4 Å². The van der Waals surface area contributed by atoms with E-state index in [0.29, 0.717) is 5.65 Å². The predicted molar refractivity (Wildman–Crippen MR) is 123 cm³/mol. The summed E-state index contributed by atoms with van der Waals surface area (Å²) in [6.07, 6.45) is 3.90. The molecule has 8 heteroatoms. The van der Waals surface area contributed by atoms with Gasteiger partial charge in [0.25, 0.3) is 5.88 Å². The summed E-state index contributed by atoms with van der Waals surface area (Å²) in [5, 5.41) is 0. The quantitative estimate of drug-likeness (QED) is 0.451. The van der Waals surface area contributed by atoms with E-state index in [2.05, 4.69) is 21.9 Å². The first kappa shape index (κ1) is 21.0. The second kappa shape index (κ2) is 8.22. The molecular weight excluding hydrogens is 420 g/mol. The van der Waals surface area contributed by atoms with Crippen LogP contribution in [0.2, 0.25) is 0 Å². The first-order chi connectivity index (χ1) is 16.0. The van der Waals surface area contributed by atoms with Crippen molar-refractivity contribution in [3.63, 3.8) is 0 Å². The van der Waals surface area contributed by atoms with E-state index in [1.165, 1.54) is 14.2 Å². The van der Waals surface area contributed by atoms with E-state index >= 15 is 0 Å². The highest BCUT2D eigenvalue weighted by Crippen LogP contribution is 2.40. The van der Waals surface area contributed by atoms with E-state index < -0.39 is 6.16 Å². The first-order valence-corrected chi connectivity index (χ1v) is 10.7. The Balaban J connectivity index is 1.70. The average molecular weight is 444 g/mol. The highest BCUT2D eigenvalue weighted by atomic mass is 16.7. The van der Waals surface area contributed by atoms with Gasteiger partial charge in [0, 0.05) is 16.7 Å². The second-order valence-corrected chi connectivity index (χ2v) is 8.10. The molecule has 0 radical (unpaired) electrons. The van der Waals surface area contributed by atoms with Crippen molar-refractivity contribution >= 4 is 11.8 Å². The predicted octanol–water partition coefficient (Wildman–Crippen LogP) is 4.56. The molecule has 0 unspecified atom stereocenters. The largest absolute Gasteiger partial charge is 0.514 e. The molecule has 1 aliphatic carbocycles. The highest BCUT2D eigenvalue weighted by Gasteiger charge is 2.34. The molecule has 1 saturated carbocycles. The van der Waals surface area contributed by atoms with Gasteiger partial charge in [0.1, 0.15) is 0 Å². The lowest BCUT2D eigenvalue weighted by atomic mass is 9.72. The average Bonchev–Trinajstić information content (AvgIpc) is 3.22. The number of rotatable bonds is 5. The minimum atomic E-state index is -0.868. The molecule has 1 aliphatic rings. The molecular formula is C25H24N4O4. The lowest BCUT2D eigenvalue weighted by molar-refractivity contribution is 0.119. The summed E-state index contributed by atoms with van der Waals surface area (Å²) in [6.45, 7) is 0. The maximum absolute atomic E-state index is 11.7. The standard InChI is InChI=1S/C25H24N4O4/c1-31-23-22-28-20(16-9-11-18(12-10-16)25(26)13-6-14-25)21(17-7-4-3-5-8-17)29(22)15-19(27-23)33-24(30)32-2/h3-5,7-12,15H,6,13-14,26H2,1-2H3. The zero-order chi connectivity index (χ0) is 23.0. The summed E-state index contributed by atoms with van der Waals surface area (Å²) in [5.41, 5.74) is 11.4. The van der Waals surface area contributed by atoms with Crippen LogP contribution in [-0.4, -0.2) is 34.7 Å². The van der Waals surface area contributed by atoms with E-state index in [4.69, 9.17) is 20.2 Å². The Morgan fingerprint density at radius 1 is 1.00 bits per heavy atom. The lowest BCUT2D eigenvalue weighted by Crippen LogP contribution is -2.43. The van der Waals surface area contributed by atoms with Gasteiger partial charge in [0.15, 0.2) is 0 Å². The zero-order valence-electron chi connectivity index (χ0n) is 18.4. The van der Waals surface area contributed by atoms with Crippen LogP contribution in [0.5, 0.6) is 11.8 Å². The van der Waals surface area contributed by atoms with Crippen molar-refractivity contribution in [1.82, 2.24) is 14.4 Å². The summed E-state index contributed by atoms with van der Waals surface area (Å²) < 4.78 is 17.1. The van der Waals surface area contributed by atoms with Gasteiger partial charge in [-0.3, -0.25) is 4.40 Å². The molecule has 33 heavy (non-hydrogen) atoms. The second-order valence-electron chi connectivity index (χ2n) is 8.10. The molecule has 0 aliphatic heterocycles. The third-order valence-corrected chi connectivity index (χ3v) is 6.13. The number of carbonyl (C=O) groups excluding carboxylic acids is 1. The van der Waals surface area contributed by atoms with Crippen molar-refractivity contribution in [1.29, 1.82) is 0 Å². The third-order valence-electron chi connectivity index (χ3n) is 6.13. The fourth-order valence-electron chi connectivity index (χ4n) is 4.19. The smallest absolute Gasteiger partial charge is 0.478 e. The molecule has 0 spiro atoms. The van der Waals surface area contributed by atoms with Crippen LogP contribution >= 0.6 is 0 Å². The summed E-state index contributed by atoms with van der Waals surface area (Å²) in [4.78, 5) is 20.8. The van der Waals surface area contributed by atoms with Crippen LogP contribution in [0.4, 0.5) is 4.79 Å². The van der Waals surface area contributed by atoms with Crippen LogP contribution in [0.15, 0.2) is 60.8 Å². The fourth-order valence-corrected chi connectivity index (χ4v) is 4.19. The number of nitrogens with two attached hydrogens (primary N) is 1. The number of nitrogens with zero attached hydrogens (tertiary/aromatic N) is 3. The van der Waals surface area contributed by atoms with Gasteiger partial charge < -0.3 is 19.9 Å². The van der Waals surface area contributed by atoms with Gasteiger partial charge in [-0.2, -0.15) is 4.98 Å². The highest BCUT2D eigenvalue weighted by molar-refractivity contribution is 5.83. The molecule has 2 N–H and O–H groups in total. The van der Waals surface area contributed by atoms with E-state index in [0.717, 1.165) is 47.3 Å². The number of ether oxygens (including phenoxy) is 3. The Morgan fingerprint density at radius 3 is 2.33 bits per heavy atom. The maximum Gasteiger partial charge on any atom is 0.514 e. The number of aromatic nitrogens is 3. The van der Waals surface area contributed by atoms with Crippen molar-refractivity contribution in [2.24, 2.45) is 5.73 Å². The molecule has 8 nitrogen and oxygen atoms in total. The number of carbonyl (C=O) groups is 1. The van der Waals surface area contributed by atoms with Gasteiger partial charge in [-0.25, -0.2) is 9.78 Å². The van der Waals surface area contributed by atoms with Gasteiger partial charge in [0.2, 0.25) is 11.5 Å². The minimum absolute atomic E-state index is 0.0396.